The van der Waals surface area contributed by atoms with Crippen LogP contribution in [-0.2, 0) is 13.2 Å². The quantitative estimate of drug-likeness (QED) is 0.859. The maximum atomic E-state index is 13.1. The maximum Gasteiger partial charge on any atom is 0.123 e. The molecule has 0 saturated carbocycles. The number of hydrogen-bond donors (Lipinski definition) is 1. The van der Waals surface area contributed by atoms with Gasteiger partial charge in [0, 0.05) is 12.6 Å². The molecule has 2 aromatic carbocycles. The number of halogens is 1. The molecular formula is C18H22FNO. The lowest BCUT2D eigenvalue weighted by Crippen LogP contribution is -2.21. The molecule has 2 nitrogen and oxygen atoms in total. The molecule has 0 radical (unpaired) electrons. The molecule has 0 unspecified atom stereocenters. The van der Waals surface area contributed by atoms with Gasteiger partial charge in [-0.1, -0.05) is 32.0 Å². The Balaban J connectivity index is 1.98. The van der Waals surface area contributed by atoms with Crippen molar-refractivity contribution in [3.63, 3.8) is 0 Å². The number of ether oxygens (including phenoxy) is 1. The van der Waals surface area contributed by atoms with Crippen LogP contribution in [0.2, 0.25) is 0 Å². The van der Waals surface area contributed by atoms with Crippen molar-refractivity contribution in [1.29, 1.82) is 0 Å². The Kier molecular flexibility index (Phi) is 5.34. The standard InChI is InChI=1S/C18H22FNO/c1-13(2)20-11-15-5-4-6-18(10-15)21-12-16-7-8-17(19)9-14(16)3/h4-10,13,20H,11-12H2,1-3H3. The van der Waals surface area contributed by atoms with Gasteiger partial charge in [0.1, 0.15) is 18.2 Å². The Morgan fingerprint density at radius 3 is 2.67 bits per heavy atom. The van der Waals surface area contributed by atoms with Crippen molar-refractivity contribution in [2.24, 2.45) is 0 Å². The van der Waals surface area contributed by atoms with E-state index in [0.29, 0.717) is 12.6 Å². The molecule has 3 heteroatoms. The summed E-state index contributed by atoms with van der Waals surface area (Å²) in [6.45, 7) is 7.41. The molecule has 0 aromatic heterocycles. The highest BCUT2D eigenvalue weighted by Gasteiger charge is 2.03. The van der Waals surface area contributed by atoms with Gasteiger partial charge >= 0.3 is 0 Å². The summed E-state index contributed by atoms with van der Waals surface area (Å²) in [5.74, 6) is 0.625. The van der Waals surface area contributed by atoms with E-state index in [4.69, 9.17) is 4.74 Å². The van der Waals surface area contributed by atoms with Crippen LogP contribution in [0.4, 0.5) is 4.39 Å². The van der Waals surface area contributed by atoms with E-state index in [9.17, 15) is 4.39 Å². The molecule has 0 spiro atoms. The molecule has 0 fully saturated rings. The second-order valence-corrected chi connectivity index (χ2v) is 5.54. The highest BCUT2D eigenvalue weighted by molar-refractivity contribution is 5.30. The number of nitrogens with one attached hydrogen (secondary N) is 1. The van der Waals surface area contributed by atoms with E-state index in [-0.39, 0.29) is 5.82 Å². The molecule has 0 amide bonds. The van der Waals surface area contributed by atoms with Gasteiger partial charge in [0.15, 0.2) is 0 Å². The van der Waals surface area contributed by atoms with Crippen LogP contribution in [0.5, 0.6) is 5.75 Å². The first-order valence-electron chi connectivity index (χ1n) is 7.25. The molecule has 0 aliphatic carbocycles. The van der Waals surface area contributed by atoms with Crippen LogP contribution in [0.25, 0.3) is 0 Å². The number of benzene rings is 2. The third-order valence-electron chi connectivity index (χ3n) is 3.31. The lowest BCUT2D eigenvalue weighted by atomic mass is 10.1. The highest BCUT2D eigenvalue weighted by Crippen LogP contribution is 2.17. The Morgan fingerprint density at radius 2 is 1.95 bits per heavy atom. The van der Waals surface area contributed by atoms with Gasteiger partial charge in [-0.3, -0.25) is 0 Å². The van der Waals surface area contributed by atoms with Crippen molar-refractivity contribution in [1.82, 2.24) is 5.32 Å². The van der Waals surface area contributed by atoms with Crippen LogP contribution in [-0.4, -0.2) is 6.04 Å². The highest BCUT2D eigenvalue weighted by atomic mass is 19.1. The fourth-order valence-electron chi connectivity index (χ4n) is 2.05. The van der Waals surface area contributed by atoms with Crippen molar-refractivity contribution in [2.75, 3.05) is 0 Å². The molecule has 1 N–H and O–H groups in total. The third-order valence-corrected chi connectivity index (χ3v) is 3.31. The van der Waals surface area contributed by atoms with Gasteiger partial charge in [0.05, 0.1) is 0 Å². The second kappa shape index (κ2) is 7.23. The van der Waals surface area contributed by atoms with Crippen molar-refractivity contribution in [2.45, 2.75) is 40.0 Å². The van der Waals surface area contributed by atoms with Crippen molar-refractivity contribution >= 4 is 0 Å². The van der Waals surface area contributed by atoms with Crippen LogP contribution in [0.3, 0.4) is 0 Å². The van der Waals surface area contributed by atoms with E-state index in [0.717, 1.165) is 23.4 Å². The third kappa shape index (κ3) is 4.87. The number of hydrogen-bond acceptors (Lipinski definition) is 2. The van der Waals surface area contributed by atoms with E-state index in [1.165, 1.54) is 17.7 Å². The average molecular weight is 287 g/mol. The summed E-state index contributed by atoms with van der Waals surface area (Å²) in [4.78, 5) is 0. The summed E-state index contributed by atoms with van der Waals surface area (Å²) < 4.78 is 18.9. The van der Waals surface area contributed by atoms with Crippen LogP contribution in [0, 0.1) is 12.7 Å². The first kappa shape index (κ1) is 15.5. The summed E-state index contributed by atoms with van der Waals surface area (Å²) in [5.41, 5.74) is 3.10. The van der Waals surface area contributed by atoms with Crippen LogP contribution in [0.1, 0.15) is 30.5 Å². The van der Waals surface area contributed by atoms with Crippen molar-refractivity contribution in [3.05, 3.63) is 65.0 Å². The van der Waals surface area contributed by atoms with E-state index >= 15 is 0 Å². The average Bonchev–Trinajstić information content (AvgIpc) is 2.45. The fourth-order valence-corrected chi connectivity index (χ4v) is 2.05. The second-order valence-electron chi connectivity index (χ2n) is 5.54. The SMILES string of the molecule is Cc1cc(F)ccc1COc1cccc(CNC(C)C)c1. The molecule has 0 aliphatic heterocycles. The summed E-state index contributed by atoms with van der Waals surface area (Å²) in [7, 11) is 0. The first-order valence-corrected chi connectivity index (χ1v) is 7.25. The van der Waals surface area contributed by atoms with Gasteiger partial charge in [-0.25, -0.2) is 4.39 Å². The molecule has 0 heterocycles. The Hall–Kier alpha value is -1.87. The molecule has 2 rings (SSSR count). The van der Waals surface area contributed by atoms with Gasteiger partial charge in [0.25, 0.3) is 0 Å². The van der Waals surface area contributed by atoms with Crippen LogP contribution in [0.15, 0.2) is 42.5 Å². The van der Waals surface area contributed by atoms with Gasteiger partial charge in [-0.15, -0.1) is 0 Å². The predicted molar refractivity (Wildman–Crippen MR) is 83.9 cm³/mol. The lowest BCUT2D eigenvalue weighted by molar-refractivity contribution is 0.305. The minimum absolute atomic E-state index is 0.210. The Morgan fingerprint density at radius 1 is 1.14 bits per heavy atom. The van der Waals surface area contributed by atoms with Gasteiger partial charge in [-0.2, -0.15) is 0 Å². The van der Waals surface area contributed by atoms with E-state index < -0.39 is 0 Å². The zero-order valence-corrected chi connectivity index (χ0v) is 12.8. The molecule has 0 aliphatic rings. The summed E-state index contributed by atoms with van der Waals surface area (Å²) >= 11 is 0. The van der Waals surface area contributed by atoms with Crippen LogP contribution < -0.4 is 10.1 Å². The summed E-state index contributed by atoms with van der Waals surface area (Å²) in [6.07, 6.45) is 0. The zero-order chi connectivity index (χ0) is 15.2. The number of aryl methyl sites for hydroxylation is 1. The smallest absolute Gasteiger partial charge is 0.123 e. The van der Waals surface area contributed by atoms with E-state index in [1.807, 2.05) is 25.1 Å². The van der Waals surface area contributed by atoms with E-state index in [2.05, 4.69) is 25.2 Å². The van der Waals surface area contributed by atoms with Crippen molar-refractivity contribution in [3.8, 4) is 5.75 Å². The predicted octanol–water partition coefficient (Wildman–Crippen LogP) is 4.21. The molecule has 0 atom stereocenters. The lowest BCUT2D eigenvalue weighted by Gasteiger charge is -2.11. The largest absolute Gasteiger partial charge is 0.489 e. The fraction of sp³-hybridized carbons (Fsp3) is 0.333. The molecule has 21 heavy (non-hydrogen) atoms. The van der Waals surface area contributed by atoms with Crippen LogP contribution >= 0.6 is 0 Å². The molecular weight excluding hydrogens is 265 g/mol. The minimum Gasteiger partial charge on any atom is -0.489 e. The first-order chi connectivity index (χ1) is 10.0. The number of rotatable bonds is 6. The Labute approximate surface area is 126 Å². The summed E-state index contributed by atoms with van der Waals surface area (Å²) in [5, 5.41) is 3.38. The Bertz CT molecular complexity index is 596. The van der Waals surface area contributed by atoms with Gasteiger partial charge < -0.3 is 10.1 Å². The van der Waals surface area contributed by atoms with Gasteiger partial charge in [-0.05, 0) is 47.9 Å². The molecule has 2 aromatic rings. The van der Waals surface area contributed by atoms with Gasteiger partial charge in [0.2, 0.25) is 0 Å². The zero-order valence-electron chi connectivity index (χ0n) is 12.8. The summed E-state index contributed by atoms with van der Waals surface area (Å²) in [6, 6.07) is 13.3. The minimum atomic E-state index is -0.210. The molecule has 0 bridgehead atoms. The monoisotopic (exact) mass is 287 g/mol. The van der Waals surface area contributed by atoms with E-state index in [1.54, 1.807) is 6.07 Å². The molecule has 112 valence electrons. The molecule has 0 saturated heterocycles. The van der Waals surface area contributed by atoms with Crippen molar-refractivity contribution < 1.29 is 9.13 Å². The normalized spacial score (nSPS) is 10.9. The topological polar surface area (TPSA) is 21.3 Å². The maximum absolute atomic E-state index is 13.1.